The first-order valence-corrected chi connectivity index (χ1v) is 4.99. The third kappa shape index (κ3) is 3.59. The minimum atomic E-state index is 0.614. The van der Waals surface area contributed by atoms with Crippen LogP contribution in [0.1, 0.15) is 11.1 Å². The van der Waals surface area contributed by atoms with Gasteiger partial charge in [0.1, 0.15) is 0 Å². The molecule has 0 amide bonds. The molecule has 0 saturated carbocycles. The van der Waals surface area contributed by atoms with Gasteiger partial charge in [0, 0.05) is 13.6 Å². The van der Waals surface area contributed by atoms with Gasteiger partial charge in [0.25, 0.3) is 0 Å². The lowest BCUT2D eigenvalue weighted by Gasteiger charge is -2.09. The maximum absolute atomic E-state index is 5.25. The van der Waals surface area contributed by atoms with Crippen molar-refractivity contribution in [1.82, 2.24) is 10.7 Å². The number of hydrazine groups is 1. The standard InChI is InChI=1S/C11H18N4/c1-9-5-3-4-6-10(9)7-8-14-11(13-2)15-12/h3-6H,7-8,12H2,1-2H3,(H2,13,14,15). The molecule has 0 aliphatic heterocycles. The van der Waals surface area contributed by atoms with E-state index in [9.17, 15) is 0 Å². The van der Waals surface area contributed by atoms with Gasteiger partial charge >= 0.3 is 0 Å². The Hall–Kier alpha value is -1.55. The van der Waals surface area contributed by atoms with Gasteiger partial charge in [0.15, 0.2) is 0 Å². The summed E-state index contributed by atoms with van der Waals surface area (Å²) >= 11 is 0. The van der Waals surface area contributed by atoms with E-state index in [0.29, 0.717) is 5.96 Å². The van der Waals surface area contributed by atoms with Crippen molar-refractivity contribution in [2.24, 2.45) is 10.8 Å². The van der Waals surface area contributed by atoms with Crippen LogP contribution in [0.3, 0.4) is 0 Å². The molecule has 1 rings (SSSR count). The van der Waals surface area contributed by atoms with Crippen LogP contribution in [0.5, 0.6) is 0 Å². The fourth-order valence-electron chi connectivity index (χ4n) is 1.40. The second kappa shape index (κ2) is 6.03. The van der Waals surface area contributed by atoms with Gasteiger partial charge < -0.3 is 5.32 Å². The van der Waals surface area contributed by atoms with Crippen LogP contribution in [-0.2, 0) is 6.42 Å². The van der Waals surface area contributed by atoms with Crippen LogP contribution in [0.4, 0.5) is 0 Å². The molecule has 0 aromatic heterocycles. The minimum absolute atomic E-state index is 0.614. The van der Waals surface area contributed by atoms with Crippen LogP contribution < -0.4 is 16.6 Å². The van der Waals surface area contributed by atoms with E-state index >= 15 is 0 Å². The van der Waals surface area contributed by atoms with Crippen molar-refractivity contribution in [3.8, 4) is 0 Å². The van der Waals surface area contributed by atoms with E-state index in [1.54, 1.807) is 7.05 Å². The first kappa shape index (κ1) is 11.5. The van der Waals surface area contributed by atoms with Crippen molar-refractivity contribution < 1.29 is 0 Å². The lowest BCUT2D eigenvalue weighted by atomic mass is 10.1. The largest absolute Gasteiger partial charge is 0.355 e. The number of nitrogens with one attached hydrogen (secondary N) is 2. The number of nitrogens with zero attached hydrogens (tertiary/aromatic N) is 1. The average Bonchev–Trinajstić information content (AvgIpc) is 2.27. The molecule has 1 aromatic rings. The summed E-state index contributed by atoms with van der Waals surface area (Å²) in [4.78, 5) is 3.93. The van der Waals surface area contributed by atoms with E-state index < -0.39 is 0 Å². The first-order valence-electron chi connectivity index (χ1n) is 4.99. The number of hydrogen-bond donors (Lipinski definition) is 3. The Kier molecular flexibility index (Phi) is 4.63. The Morgan fingerprint density at radius 1 is 1.40 bits per heavy atom. The maximum atomic E-state index is 5.25. The smallest absolute Gasteiger partial charge is 0.205 e. The maximum Gasteiger partial charge on any atom is 0.205 e. The lowest BCUT2D eigenvalue weighted by Crippen LogP contribution is -2.42. The van der Waals surface area contributed by atoms with Gasteiger partial charge in [0.05, 0.1) is 0 Å². The fourth-order valence-corrected chi connectivity index (χ4v) is 1.40. The molecule has 0 unspecified atom stereocenters. The van der Waals surface area contributed by atoms with E-state index in [2.05, 4.69) is 40.9 Å². The normalized spacial score (nSPS) is 11.3. The summed E-state index contributed by atoms with van der Waals surface area (Å²) in [6.07, 6.45) is 0.966. The molecule has 0 bridgehead atoms. The zero-order chi connectivity index (χ0) is 11.1. The molecule has 1 aromatic carbocycles. The molecular formula is C11H18N4. The molecule has 4 nitrogen and oxygen atoms in total. The number of aliphatic imine (C=N–C) groups is 1. The monoisotopic (exact) mass is 206 g/mol. The fraction of sp³-hybridized carbons (Fsp3) is 0.364. The third-order valence-electron chi connectivity index (χ3n) is 2.31. The van der Waals surface area contributed by atoms with Crippen LogP contribution in [0.25, 0.3) is 0 Å². The Balaban J connectivity index is 2.41. The highest BCUT2D eigenvalue weighted by atomic mass is 15.3. The van der Waals surface area contributed by atoms with Crippen LogP contribution >= 0.6 is 0 Å². The van der Waals surface area contributed by atoms with Gasteiger partial charge in [-0.15, -0.1) is 0 Å². The molecule has 0 spiro atoms. The summed E-state index contributed by atoms with van der Waals surface area (Å²) in [5.41, 5.74) is 5.15. The van der Waals surface area contributed by atoms with Crippen LogP contribution in [0, 0.1) is 6.92 Å². The Morgan fingerprint density at radius 2 is 2.13 bits per heavy atom. The quantitative estimate of drug-likeness (QED) is 0.293. The van der Waals surface area contributed by atoms with Crippen LogP contribution in [-0.4, -0.2) is 19.6 Å². The second-order valence-electron chi connectivity index (χ2n) is 3.32. The summed E-state index contributed by atoms with van der Waals surface area (Å²) in [5.74, 6) is 5.86. The highest BCUT2D eigenvalue weighted by Gasteiger charge is 1.97. The number of aryl methyl sites for hydroxylation is 1. The summed E-state index contributed by atoms with van der Waals surface area (Å²) in [6.45, 7) is 2.94. The molecule has 0 atom stereocenters. The lowest BCUT2D eigenvalue weighted by molar-refractivity contribution is 0.814. The van der Waals surface area contributed by atoms with Crippen molar-refractivity contribution in [3.05, 3.63) is 35.4 Å². The van der Waals surface area contributed by atoms with Crippen LogP contribution in [0.15, 0.2) is 29.3 Å². The SMILES string of the molecule is CN=C(NN)NCCc1ccccc1C. The van der Waals surface area contributed by atoms with E-state index in [1.807, 2.05) is 6.07 Å². The highest BCUT2D eigenvalue weighted by Crippen LogP contribution is 2.06. The van der Waals surface area contributed by atoms with Gasteiger partial charge in [-0.1, -0.05) is 24.3 Å². The van der Waals surface area contributed by atoms with Crippen molar-refractivity contribution >= 4 is 5.96 Å². The first-order chi connectivity index (χ1) is 7.27. The molecule has 0 heterocycles. The minimum Gasteiger partial charge on any atom is -0.355 e. The Morgan fingerprint density at radius 3 is 2.73 bits per heavy atom. The number of rotatable bonds is 3. The van der Waals surface area contributed by atoms with Crippen molar-refractivity contribution in [2.75, 3.05) is 13.6 Å². The number of guanidine groups is 1. The van der Waals surface area contributed by atoms with Gasteiger partial charge in [-0.05, 0) is 24.5 Å². The molecule has 0 fully saturated rings. The Labute approximate surface area is 90.6 Å². The zero-order valence-electron chi connectivity index (χ0n) is 9.25. The topological polar surface area (TPSA) is 62.4 Å². The van der Waals surface area contributed by atoms with Crippen LogP contribution in [0.2, 0.25) is 0 Å². The second-order valence-corrected chi connectivity index (χ2v) is 3.32. The number of benzene rings is 1. The third-order valence-corrected chi connectivity index (χ3v) is 2.31. The summed E-state index contributed by atoms with van der Waals surface area (Å²) in [6, 6.07) is 8.35. The van der Waals surface area contributed by atoms with Gasteiger partial charge in [-0.25, -0.2) is 5.84 Å². The van der Waals surface area contributed by atoms with Gasteiger partial charge in [-0.3, -0.25) is 10.4 Å². The van der Waals surface area contributed by atoms with Gasteiger partial charge in [-0.2, -0.15) is 0 Å². The molecule has 0 aliphatic rings. The van der Waals surface area contributed by atoms with Crippen molar-refractivity contribution in [3.63, 3.8) is 0 Å². The predicted octanol–water partition coefficient (Wildman–Crippen LogP) is 0.576. The van der Waals surface area contributed by atoms with Crippen molar-refractivity contribution in [1.29, 1.82) is 0 Å². The van der Waals surface area contributed by atoms with Gasteiger partial charge in [0.2, 0.25) is 5.96 Å². The predicted molar refractivity (Wildman–Crippen MR) is 63.6 cm³/mol. The zero-order valence-corrected chi connectivity index (χ0v) is 9.25. The summed E-state index contributed by atoms with van der Waals surface area (Å²) in [7, 11) is 1.69. The molecular weight excluding hydrogens is 188 g/mol. The highest BCUT2D eigenvalue weighted by molar-refractivity contribution is 5.78. The summed E-state index contributed by atoms with van der Waals surface area (Å²) in [5, 5.41) is 3.11. The molecule has 15 heavy (non-hydrogen) atoms. The Bertz CT molecular complexity index is 333. The molecule has 4 heteroatoms. The average molecular weight is 206 g/mol. The number of nitrogens with two attached hydrogens (primary N) is 1. The molecule has 0 saturated heterocycles. The summed E-state index contributed by atoms with van der Waals surface area (Å²) < 4.78 is 0. The molecule has 0 aliphatic carbocycles. The van der Waals surface area contributed by atoms with E-state index in [4.69, 9.17) is 5.84 Å². The number of hydrogen-bond acceptors (Lipinski definition) is 2. The molecule has 82 valence electrons. The van der Waals surface area contributed by atoms with E-state index in [1.165, 1.54) is 11.1 Å². The van der Waals surface area contributed by atoms with Crippen molar-refractivity contribution in [2.45, 2.75) is 13.3 Å². The van der Waals surface area contributed by atoms with E-state index in [0.717, 1.165) is 13.0 Å². The molecule has 0 radical (unpaired) electrons. The van der Waals surface area contributed by atoms with E-state index in [-0.39, 0.29) is 0 Å². The molecule has 4 N–H and O–H groups in total.